The third-order valence-electron chi connectivity index (χ3n) is 4.41. The van der Waals surface area contributed by atoms with Crippen LogP contribution in [0.3, 0.4) is 0 Å². The number of carbonyl (C=O) groups excluding carboxylic acids is 3. The van der Waals surface area contributed by atoms with Crippen LogP contribution < -0.4 is 16.0 Å². The fourth-order valence-corrected chi connectivity index (χ4v) is 2.73. The summed E-state index contributed by atoms with van der Waals surface area (Å²) < 4.78 is 5.21. The molecule has 0 heterocycles. The number of alkyl carbamates (subject to hydrolysis) is 1. The van der Waals surface area contributed by atoms with E-state index in [-0.39, 0.29) is 24.3 Å². The Balaban J connectivity index is 2.00. The van der Waals surface area contributed by atoms with Crippen molar-refractivity contribution in [2.45, 2.75) is 33.4 Å². The van der Waals surface area contributed by atoms with E-state index in [1.54, 1.807) is 32.2 Å². The maximum absolute atomic E-state index is 12.7. The van der Waals surface area contributed by atoms with Gasteiger partial charge in [-0.3, -0.25) is 9.59 Å². The molecule has 2 rings (SSSR count). The molecule has 7 heteroatoms. The molecule has 3 N–H and O–H groups in total. The van der Waals surface area contributed by atoms with Crippen LogP contribution in [0.25, 0.3) is 0 Å². The molecule has 0 saturated heterocycles. The number of benzene rings is 2. The number of carbonyl (C=O) groups is 3. The Morgan fingerprint density at radius 2 is 1.72 bits per heavy atom. The highest BCUT2D eigenvalue weighted by molar-refractivity contribution is 5.99. The van der Waals surface area contributed by atoms with Crippen molar-refractivity contribution in [1.29, 1.82) is 0 Å². The first-order valence-electron chi connectivity index (χ1n) is 9.42. The number of hydrogen-bond acceptors (Lipinski definition) is 4. The van der Waals surface area contributed by atoms with Gasteiger partial charge in [0.2, 0.25) is 5.91 Å². The molecule has 7 nitrogen and oxygen atoms in total. The predicted molar refractivity (Wildman–Crippen MR) is 112 cm³/mol. The quantitative estimate of drug-likeness (QED) is 0.668. The van der Waals surface area contributed by atoms with Crippen LogP contribution >= 0.6 is 0 Å². The van der Waals surface area contributed by atoms with E-state index in [4.69, 9.17) is 4.74 Å². The second kappa shape index (κ2) is 10.3. The molecule has 0 aliphatic rings. The van der Waals surface area contributed by atoms with Crippen LogP contribution in [-0.4, -0.2) is 31.0 Å². The zero-order valence-electron chi connectivity index (χ0n) is 17.1. The summed E-state index contributed by atoms with van der Waals surface area (Å²) >= 11 is 0. The number of nitrogens with one attached hydrogen (secondary N) is 3. The monoisotopic (exact) mass is 397 g/mol. The molecule has 0 radical (unpaired) electrons. The second-order valence-electron chi connectivity index (χ2n) is 7.03. The van der Waals surface area contributed by atoms with Crippen LogP contribution in [0.5, 0.6) is 0 Å². The van der Waals surface area contributed by atoms with E-state index in [0.717, 1.165) is 11.1 Å². The molecule has 2 aromatic rings. The molecule has 0 aromatic heterocycles. The van der Waals surface area contributed by atoms with Gasteiger partial charge in [0.05, 0.1) is 0 Å². The molecule has 0 unspecified atom stereocenters. The van der Waals surface area contributed by atoms with Crippen LogP contribution in [0.15, 0.2) is 48.5 Å². The molecule has 0 aliphatic carbocycles. The molecule has 1 atom stereocenters. The Labute approximate surface area is 170 Å². The van der Waals surface area contributed by atoms with Crippen molar-refractivity contribution in [3.05, 3.63) is 65.2 Å². The highest BCUT2D eigenvalue weighted by Crippen LogP contribution is 2.18. The summed E-state index contributed by atoms with van der Waals surface area (Å²) in [4.78, 5) is 36.6. The standard InChI is InChI=1S/C22H27N3O4/c1-14(2)19(25-22(28)29-13-16-8-6-5-7-9-16)21(27)24-18-11-10-17(12-15(18)3)20(26)23-4/h5-12,14,19H,13H2,1-4H3,(H,23,26)(H,24,27)(H,25,28)/t19-/m0/s1. The Morgan fingerprint density at radius 3 is 2.31 bits per heavy atom. The minimum Gasteiger partial charge on any atom is -0.445 e. The van der Waals surface area contributed by atoms with E-state index < -0.39 is 12.1 Å². The summed E-state index contributed by atoms with van der Waals surface area (Å²) in [6, 6.07) is 13.5. The van der Waals surface area contributed by atoms with Crippen molar-refractivity contribution < 1.29 is 19.1 Å². The van der Waals surface area contributed by atoms with Crippen LogP contribution in [0.4, 0.5) is 10.5 Å². The van der Waals surface area contributed by atoms with E-state index in [0.29, 0.717) is 11.3 Å². The van der Waals surface area contributed by atoms with Gasteiger partial charge in [-0.15, -0.1) is 0 Å². The normalized spacial score (nSPS) is 11.5. The zero-order valence-corrected chi connectivity index (χ0v) is 17.1. The van der Waals surface area contributed by atoms with Crippen LogP contribution in [-0.2, 0) is 16.1 Å². The van der Waals surface area contributed by atoms with E-state index in [2.05, 4.69) is 16.0 Å². The molecule has 2 aromatic carbocycles. The molecule has 3 amide bonds. The summed E-state index contributed by atoms with van der Waals surface area (Å²) in [6.07, 6.45) is -0.658. The van der Waals surface area contributed by atoms with Crippen molar-refractivity contribution in [3.8, 4) is 0 Å². The topological polar surface area (TPSA) is 96.5 Å². The third-order valence-corrected chi connectivity index (χ3v) is 4.41. The van der Waals surface area contributed by atoms with E-state index >= 15 is 0 Å². The lowest BCUT2D eigenvalue weighted by Gasteiger charge is -2.22. The van der Waals surface area contributed by atoms with Gasteiger partial charge in [0, 0.05) is 18.3 Å². The minimum atomic E-state index is -0.767. The van der Waals surface area contributed by atoms with E-state index in [1.807, 2.05) is 44.2 Å². The van der Waals surface area contributed by atoms with Gasteiger partial charge in [-0.1, -0.05) is 44.2 Å². The fourth-order valence-electron chi connectivity index (χ4n) is 2.73. The highest BCUT2D eigenvalue weighted by Gasteiger charge is 2.25. The van der Waals surface area contributed by atoms with Crippen molar-refractivity contribution >= 4 is 23.6 Å². The van der Waals surface area contributed by atoms with Gasteiger partial charge < -0.3 is 20.7 Å². The number of amides is 3. The number of aryl methyl sites for hydroxylation is 1. The van der Waals surface area contributed by atoms with Crippen LogP contribution in [0.1, 0.15) is 35.3 Å². The van der Waals surface area contributed by atoms with Gasteiger partial charge in [0.1, 0.15) is 12.6 Å². The molecule has 154 valence electrons. The third kappa shape index (κ3) is 6.34. The summed E-state index contributed by atoms with van der Waals surface area (Å²) in [5.41, 5.74) is 2.69. The Morgan fingerprint density at radius 1 is 1.03 bits per heavy atom. The SMILES string of the molecule is CNC(=O)c1ccc(NC(=O)[C@@H](NC(=O)OCc2ccccc2)C(C)C)c(C)c1. The van der Waals surface area contributed by atoms with Gasteiger partial charge in [-0.05, 0) is 42.2 Å². The average molecular weight is 397 g/mol. The van der Waals surface area contributed by atoms with Crippen molar-refractivity contribution in [2.24, 2.45) is 5.92 Å². The van der Waals surface area contributed by atoms with Gasteiger partial charge in [0.15, 0.2) is 0 Å². The van der Waals surface area contributed by atoms with Gasteiger partial charge >= 0.3 is 6.09 Å². The van der Waals surface area contributed by atoms with Crippen molar-refractivity contribution in [1.82, 2.24) is 10.6 Å². The van der Waals surface area contributed by atoms with Crippen LogP contribution in [0.2, 0.25) is 0 Å². The molecule has 0 fully saturated rings. The van der Waals surface area contributed by atoms with Crippen LogP contribution in [0, 0.1) is 12.8 Å². The van der Waals surface area contributed by atoms with E-state index in [9.17, 15) is 14.4 Å². The average Bonchev–Trinajstić information content (AvgIpc) is 2.71. The maximum atomic E-state index is 12.7. The van der Waals surface area contributed by atoms with Gasteiger partial charge in [-0.25, -0.2) is 4.79 Å². The summed E-state index contributed by atoms with van der Waals surface area (Å²) in [7, 11) is 1.56. The number of hydrogen-bond donors (Lipinski definition) is 3. The van der Waals surface area contributed by atoms with Crippen molar-refractivity contribution in [3.63, 3.8) is 0 Å². The van der Waals surface area contributed by atoms with Crippen molar-refractivity contribution in [2.75, 3.05) is 12.4 Å². The Bertz CT molecular complexity index is 866. The van der Waals surface area contributed by atoms with Gasteiger partial charge in [0.25, 0.3) is 5.91 Å². The lowest BCUT2D eigenvalue weighted by Crippen LogP contribution is -2.47. The number of rotatable bonds is 7. The molecular formula is C22H27N3O4. The first kappa shape index (κ1) is 21.9. The number of anilines is 1. The molecule has 29 heavy (non-hydrogen) atoms. The largest absolute Gasteiger partial charge is 0.445 e. The maximum Gasteiger partial charge on any atom is 0.408 e. The molecule has 0 bridgehead atoms. The molecule has 0 aliphatic heterocycles. The molecule has 0 spiro atoms. The summed E-state index contributed by atoms with van der Waals surface area (Å²) in [5, 5.41) is 8.00. The summed E-state index contributed by atoms with van der Waals surface area (Å²) in [5.74, 6) is -0.703. The Kier molecular flexibility index (Phi) is 7.77. The zero-order chi connectivity index (χ0) is 21.4. The lowest BCUT2D eigenvalue weighted by atomic mass is 10.0. The first-order valence-corrected chi connectivity index (χ1v) is 9.42. The fraction of sp³-hybridized carbons (Fsp3) is 0.318. The number of ether oxygens (including phenoxy) is 1. The lowest BCUT2D eigenvalue weighted by molar-refractivity contribution is -0.119. The minimum absolute atomic E-state index is 0.124. The predicted octanol–water partition coefficient (Wildman–Crippen LogP) is 3.24. The van der Waals surface area contributed by atoms with E-state index in [1.165, 1.54) is 0 Å². The first-order chi connectivity index (χ1) is 13.8. The smallest absolute Gasteiger partial charge is 0.408 e. The Hall–Kier alpha value is -3.35. The highest BCUT2D eigenvalue weighted by atomic mass is 16.5. The van der Waals surface area contributed by atoms with Gasteiger partial charge in [-0.2, -0.15) is 0 Å². The molecular weight excluding hydrogens is 370 g/mol. The molecule has 0 saturated carbocycles. The summed E-state index contributed by atoms with van der Waals surface area (Å²) in [6.45, 7) is 5.60. The second-order valence-corrected chi connectivity index (χ2v) is 7.03.